The second-order valence-corrected chi connectivity index (χ2v) is 4.68. The summed E-state index contributed by atoms with van der Waals surface area (Å²) >= 11 is 1.47. The van der Waals surface area contributed by atoms with E-state index in [4.69, 9.17) is 0 Å². The molecule has 98 valence electrons. The molecular formula is C13H14N4OS. The lowest BCUT2D eigenvalue weighted by Crippen LogP contribution is -2.24. The topological polar surface area (TPSA) is 59.3 Å². The second kappa shape index (κ2) is 6.10. The summed E-state index contributed by atoms with van der Waals surface area (Å²) in [7, 11) is 0. The van der Waals surface area contributed by atoms with Gasteiger partial charge in [-0.2, -0.15) is 0 Å². The second-order valence-electron chi connectivity index (χ2n) is 3.85. The highest BCUT2D eigenvalue weighted by atomic mass is 32.1. The normalized spacial score (nSPS) is 11.3. The van der Waals surface area contributed by atoms with Gasteiger partial charge in [0.25, 0.3) is 5.91 Å². The molecule has 1 N–H and O–H groups in total. The predicted molar refractivity (Wildman–Crippen MR) is 74.5 cm³/mol. The first-order chi connectivity index (χ1) is 9.22. The smallest absolute Gasteiger partial charge is 0.271 e. The molecule has 19 heavy (non-hydrogen) atoms. The lowest BCUT2D eigenvalue weighted by atomic mass is 10.3. The molecule has 0 fully saturated rings. The zero-order valence-corrected chi connectivity index (χ0v) is 11.4. The van der Waals surface area contributed by atoms with E-state index in [2.05, 4.69) is 22.1 Å². The summed E-state index contributed by atoms with van der Waals surface area (Å²) in [6.07, 6.45) is 4.94. The summed E-state index contributed by atoms with van der Waals surface area (Å²) < 4.78 is 1.98. The summed E-state index contributed by atoms with van der Waals surface area (Å²) in [5, 5.41) is 6.12. The van der Waals surface area contributed by atoms with Crippen LogP contribution >= 0.6 is 11.3 Å². The molecule has 0 aliphatic heterocycles. The maximum Gasteiger partial charge on any atom is 0.271 e. The SMILES string of the molecule is C=CCn1c(C)cs/c1=N\NC(=O)c1ccncc1. The molecule has 2 aromatic rings. The lowest BCUT2D eigenvalue weighted by Gasteiger charge is -2.01. The van der Waals surface area contributed by atoms with Gasteiger partial charge in [-0.3, -0.25) is 9.78 Å². The van der Waals surface area contributed by atoms with Crippen LogP contribution in [-0.4, -0.2) is 15.5 Å². The van der Waals surface area contributed by atoms with Gasteiger partial charge in [-0.15, -0.1) is 23.0 Å². The van der Waals surface area contributed by atoms with E-state index in [0.29, 0.717) is 12.1 Å². The highest BCUT2D eigenvalue weighted by Gasteiger charge is 2.04. The lowest BCUT2D eigenvalue weighted by molar-refractivity contribution is 0.0953. The molecule has 5 nitrogen and oxygen atoms in total. The number of nitrogens with zero attached hydrogens (tertiary/aromatic N) is 3. The van der Waals surface area contributed by atoms with Crippen molar-refractivity contribution in [1.82, 2.24) is 15.0 Å². The Morgan fingerprint density at radius 2 is 2.32 bits per heavy atom. The number of aryl methyl sites for hydroxylation is 1. The molecule has 2 aromatic heterocycles. The molecule has 6 heteroatoms. The molecule has 0 spiro atoms. The average Bonchev–Trinajstić information content (AvgIpc) is 2.79. The van der Waals surface area contributed by atoms with Gasteiger partial charge in [0.15, 0.2) is 0 Å². The van der Waals surface area contributed by atoms with Crippen LogP contribution in [-0.2, 0) is 6.54 Å². The monoisotopic (exact) mass is 274 g/mol. The number of rotatable bonds is 4. The van der Waals surface area contributed by atoms with Gasteiger partial charge in [-0.1, -0.05) is 6.08 Å². The number of carbonyl (C=O) groups is 1. The van der Waals surface area contributed by atoms with E-state index in [1.54, 1.807) is 30.6 Å². The van der Waals surface area contributed by atoms with Gasteiger partial charge in [0.05, 0.1) is 0 Å². The van der Waals surface area contributed by atoms with Crippen LogP contribution in [0.5, 0.6) is 0 Å². The van der Waals surface area contributed by atoms with Crippen LogP contribution in [0.3, 0.4) is 0 Å². The fourth-order valence-corrected chi connectivity index (χ4v) is 2.37. The molecule has 1 amide bonds. The number of amides is 1. The van der Waals surface area contributed by atoms with Gasteiger partial charge in [0.1, 0.15) is 0 Å². The van der Waals surface area contributed by atoms with E-state index in [-0.39, 0.29) is 5.91 Å². The minimum Gasteiger partial charge on any atom is -0.316 e. The average molecular weight is 274 g/mol. The third-order valence-corrected chi connectivity index (χ3v) is 3.48. The zero-order chi connectivity index (χ0) is 13.7. The molecule has 0 aliphatic carbocycles. The van der Waals surface area contributed by atoms with Crippen molar-refractivity contribution in [1.29, 1.82) is 0 Å². The Balaban J connectivity index is 2.19. The first-order valence-electron chi connectivity index (χ1n) is 5.72. The van der Waals surface area contributed by atoms with Crippen molar-refractivity contribution in [3.8, 4) is 0 Å². The quantitative estimate of drug-likeness (QED) is 0.681. The van der Waals surface area contributed by atoms with Gasteiger partial charge in [0.2, 0.25) is 4.80 Å². The number of thiazole rings is 1. The molecule has 0 aliphatic rings. The summed E-state index contributed by atoms with van der Waals surface area (Å²) in [5.41, 5.74) is 4.16. The van der Waals surface area contributed by atoms with E-state index in [1.165, 1.54) is 11.3 Å². The van der Waals surface area contributed by atoms with Crippen LogP contribution in [0.1, 0.15) is 16.1 Å². The van der Waals surface area contributed by atoms with Crippen molar-refractivity contribution in [3.05, 3.63) is 58.6 Å². The van der Waals surface area contributed by atoms with E-state index in [0.717, 1.165) is 10.5 Å². The molecule has 0 saturated heterocycles. The first-order valence-corrected chi connectivity index (χ1v) is 6.60. The Kier molecular flexibility index (Phi) is 4.25. The minimum atomic E-state index is -0.251. The van der Waals surface area contributed by atoms with Crippen molar-refractivity contribution >= 4 is 17.2 Å². The summed E-state index contributed by atoms with van der Waals surface area (Å²) in [5.74, 6) is -0.251. The number of hydrogen-bond acceptors (Lipinski definition) is 4. The Labute approximate surface area is 114 Å². The third-order valence-electron chi connectivity index (χ3n) is 2.50. The van der Waals surface area contributed by atoms with Crippen LogP contribution in [0, 0.1) is 6.92 Å². The maximum atomic E-state index is 11.8. The molecule has 2 rings (SSSR count). The predicted octanol–water partition coefficient (Wildman–Crippen LogP) is 1.68. The van der Waals surface area contributed by atoms with Gasteiger partial charge >= 0.3 is 0 Å². The molecular weight excluding hydrogens is 260 g/mol. The van der Waals surface area contributed by atoms with Crippen LogP contribution in [0.15, 0.2) is 47.7 Å². The highest BCUT2D eigenvalue weighted by molar-refractivity contribution is 7.07. The molecule has 2 heterocycles. The number of allylic oxidation sites excluding steroid dienone is 1. The van der Waals surface area contributed by atoms with Crippen LogP contribution < -0.4 is 10.2 Å². The standard InChI is InChI=1S/C13H14N4OS/c1-3-8-17-10(2)9-19-13(17)16-15-12(18)11-4-6-14-7-5-11/h3-7,9H,1,8H2,2H3,(H,15,18)/b16-13-. The largest absolute Gasteiger partial charge is 0.316 e. The fourth-order valence-electron chi connectivity index (χ4n) is 1.52. The Morgan fingerprint density at radius 3 is 3.00 bits per heavy atom. The van der Waals surface area contributed by atoms with Gasteiger partial charge < -0.3 is 4.57 Å². The Hall–Kier alpha value is -2.21. The number of pyridine rings is 1. The van der Waals surface area contributed by atoms with E-state index in [1.807, 2.05) is 16.9 Å². The maximum absolute atomic E-state index is 11.8. The van der Waals surface area contributed by atoms with Gasteiger partial charge in [-0.05, 0) is 19.1 Å². The number of aromatic nitrogens is 2. The van der Waals surface area contributed by atoms with Crippen molar-refractivity contribution in [2.45, 2.75) is 13.5 Å². The number of hydrogen-bond donors (Lipinski definition) is 1. The van der Waals surface area contributed by atoms with E-state index in [9.17, 15) is 4.79 Å². The Morgan fingerprint density at radius 1 is 1.58 bits per heavy atom. The van der Waals surface area contributed by atoms with Crippen molar-refractivity contribution in [2.24, 2.45) is 5.10 Å². The van der Waals surface area contributed by atoms with Gasteiger partial charge in [0, 0.05) is 35.6 Å². The molecule has 0 saturated carbocycles. The Bertz CT molecular complexity index is 642. The van der Waals surface area contributed by atoms with E-state index < -0.39 is 0 Å². The van der Waals surface area contributed by atoms with Crippen LogP contribution in [0.4, 0.5) is 0 Å². The summed E-state index contributed by atoms with van der Waals surface area (Å²) in [6, 6.07) is 3.28. The molecule has 0 atom stereocenters. The molecule has 0 radical (unpaired) electrons. The number of carbonyl (C=O) groups excluding carboxylic acids is 1. The van der Waals surface area contributed by atoms with Crippen LogP contribution in [0.2, 0.25) is 0 Å². The zero-order valence-electron chi connectivity index (χ0n) is 10.5. The van der Waals surface area contributed by atoms with E-state index >= 15 is 0 Å². The summed E-state index contributed by atoms with van der Waals surface area (Å²) in [4.78, 5) is 16.4. The van der Waals surface area contributed by atoms with Crippen molar-refractivity contribution in [3.63, 3.8) is 0 Å². The van der Waals surface area contributed by atoms with Crippen molar-refractivity contribution in [2.75, 3.05) is 0 Å². The highest BCUT2D eigenvalue weighted by Crippen LogP contribution is 2.00. The summed E-state index contributed by atoms with van der Waals surface area (Å²) in [6.45, 7) is 6.36. The minimum absolute atomic E-state index is 0.251. The van der Waals surface area contributed by atoms with Crippen LogP contribution in [0.25, 0.3) is 0 Å². The van der Waals surface area contributed by atoms with Gasteiger partial charge in [-0.25, -0.2) is 5.43 Å². The molecule has 0 bridgehead atoms. The van der Waals surface area contributed by atoms with Crippen molar-refractivity contribution < 1.29 is 4.79 Å². The first kappa shape index (κ1) is 13.2. The molecule has 0 unspecified atom stereocenters. The molecule has 0 aromatic carbocycles. The fraction of sp³-hybridized carbons (Fsp3) is 0.154. The number of nitrogens with one attached hydrogen (secondary N) is 1. The third kappa shape index (κ3) is 3.17.